The lowest BCUT2D eigenvalue weighted by Gasteiger charge is -2.32. The molecule has 1 aliphatic heterocycles. The minimum absolute atomic E-state index is 0.231. The molecule has 1 aliphatic rings. The third-order valence-electron chi connectivity index (χ3n) is 4.74. The summed E-state index contributed by atoms with van der Waals surface area (Å²) < 4.78 is 25.9. The number of nitrogens with one attached hydrogen (secondary N) is 2. The van der Waals surface area contributed by atoms with Crippen LogP contribution < -0.4 is 10.6 Å². The maximum absolute atomic E-state index is 12.1. The van der Waals surface area contributed by atoms with Crippen LogP contribution >= 0.6 is 0 Å². The van der Waals surface area contributed by atoms with Gasteiger partial charge in [-0.2, -0.15) is 0 Å². The highest BCUT2D eigenvalue weighted by atomic mass is 32.2. The van der Waals surface area contributed by atoms with E-state index in [1.54, 1.807) is 23.5 Å². The van der Waals surface area contributed by atoms with Crippen LogP contribution in [0.3, 0.4) is 0 Å². The van der Waals surface area contributed by atoms with Gasteiger partial charge >= 0.3 is 0 Å². The molecular formula is C19H32N4O3S. The fourth-order valence-corrected chi connectivity index (χ4v) is 4.76. The number of rotatable bonds is 8. The average molecular weight is 397 g/mol. The first kappa shape index (κ1) is 21.5. The average Bonchev–Trinajstić information content (AvgIpc) is 2.66. The fourth-order valence-electron chi connectivity index (χ4n) is 3.22. The predicted molar refractivity (Wildman–Crippen MR) is 110 cm³/mol. The molecule has 0 unspecified atom stereocenters. The van der Waals surface area contributed by atoms with E-state index in [-0.39, 0.29) is 17.5 Å². The lowest BCUT2D eigenvalue weighted by atomic mass is 10.1. The number of nitrogens with zero attached hydrogens (tertiary/aromatic N) is 2. The second kappa shape index (κ2) is 10.5. The molecule has 1 fully saturated rings. The highest BCUT2D eigenvalue weighted by Gasteiger charge is 2.27. The molecule has 0 bridgehead atoms. The molecule has 1 aromatic rings. The molecule has 0 amide bonds. The number of piperidine rings is 1. The van der Waals surface area contributed by atoms with Crippen molar-refractivity contribution in [3.63, 3.8) is 0 Å². The van der Waals surface area contributed by atoms with Gasteiger partial charge in [0.05, 0.1) is 5.75 Å². The summed E-state index contributed by atoms with van der Waals surface area (Å²) in [5.74, 6) is 1.28. The molecule has 0 spiro atoms. The first-order valence-corrected chi connectivity index (χ1v) is 11.3. The Hall–Kier alpha value is -1.80. The fraction of sp³-hybridized carbons (Fsp3) is 0.632. The van der Waals surface area contributed by atoms with E-state index in [2.05, 4.69) is 15.6 Å². The first-order chi connectivity index (χ1) is 12.9. The topological polar surface area (TPSA) is 94.0 Å². The molecule has 8 heteroatoms. The van der Waals surface area contributed by atoms with Gasteiger partial charge in [-0.15, -0.1) is 0 Å². The minimum Gasteiger partial charge on any atom is -0.508 e. The molecule has 0 aromatic heterocycles. The number of sulfonamides is 1. The van der Waals surface area contributed by atoms with Crippen molar-refractivity contribution >= 4 is 16.0 Å². The largest absolute Gasteiger partial charge is 0.508 e. The van der Waals surface area contributed by atoms with Gasteiger partial charge in [0.25, 0.3) is 0 Å². The minimum atomic E-state index is -3.09. The standard InChI is InChI=1S/C19H32N4O3S/c1-3-15-27(25,26)23-13-10-17(11-14-23)22-19(20-2)21-12-4-5-16-6-8-18(24)9-7-16/h6-9,17,24H,3-5,10-15H2,1-2H3,(H2,20,21,22). The highest BCUT2D eigenvalue weighted by Crippen LogP contribution is 2.15. The van der Waals surface area contributed by atoms with Crippen LogP contribution in [-0.4, -0.2) is 62.3 Å². The van der Waals surface area contributed by atoms with E-state index in [0.717, 1.165) is 38.2 Å². The summed E-state index contributed by atoms with van der Waals surface area (Å²) in [6, 6.07) is 7.51. The Morgan fingerprint density at radius 1 is 1.26 bits per heavy atom. The molecular weight excluding hydrogens is 364 g/mol. The summed E-state index contributed by atoms with van der Waals surface area (Å²) >= 11 is 0. The Kier molecular flexibility index (Phi) is 8.37. The van der Waals surface area contributed by atoms with Crippen LogP contribution in [0.5, 0.6) is 5.75 Å². The summed E-state index contributed by atoms with van der Waals surface area (Å²) in [6.07, 6.45) is 4.12. The molecule has 3 N–H and O–H groups in total. The van der Waals surface area contributed by atoms with Crippen LogP contribution in [0.2, 0.25) is 0 Å². The second-order valence-electron chi connectivity index (χ2n) is 6.90. The number of aryl methyl sites for hydroxylation is 1. The Labute approximate surface area is 162 Å². The number of guanidine groups is 1. The summed E-state index contributed by atoms with van der Waals surface area (Å²) in [7, 11) is -1.35. The maximum atomic E-state index is 12.1. The van der Waals surface area contributed by atoms with Crippen molar-refractivity contribution in [3.8, 4) is 5.75 Å². The van der Waals surface area contributed by atoms with Gasteiger partial charge in [-0.1, -0.05) is 19.1 Å². The van der Waals surface area contributed by atoms with Crippen LogP contribution in [0.15, 0.2) is 29.3 Å². The molecule has 27 heavy (non-hydrogen) atoms. The van der Waals surface area contributed by atoms with Crippen molar-refractivity contribution in [2.24, 2.45) is 4.99 Å². The van der Waals surface area contributed by atoms with Gasteiger partial charge in [0.15, 0.2) is 5.96 Å². The van der Waals surface area contributed by atoms with Gasteiger partial charge in [0, 0.05) is 32.7 Å². The second-order valence-corrected chi connectivity index (χ2v) is 8.99. The van der Waals surface area contributed by atoms with E-state index < -0.39 is 10.0 Å². The highest BCUT2D eigenvalue weighted by molar-refractivity contribution is 7.89. The van der Waals surface area contributed by atoms with Crippen LogP contribution in [0.25, 0.3) is 0 Å². The zero-order valence-electron chi connectivity index (χ0n) is 16.3. The van der Waals surface area contributed by atoms with E-state index in [9.17, 15) is 13.5 Å². The monoisotopic (exact) mass is 396 g/mol. The van der Waals surface area contributed by atoms with Gasteiger partial charge in [-0.3, -0.25) is 4.99 Å². The Balaban J connectivity index is 1.69. The number of hydrogen-bond acceptors (Lipinski definition) is 4. The summed E-state index contributed by atoms with van der Waals surface area (Å²) in [5.41, 5.74) is 1.19. The molecule has 0 atom stereocenters. The molecule has 1 aromatic carbocycles. The number of benzene rings is 1. The van der Waals surface area contributed by atoms with Crippen LogP contribution in [-0.2, 0) is 16.4 Å². The maximum Gasteiger partial charge on any atom is 0.214 e. The lowest BCUT2D eigenvalue weighted by molar-refractivity contribution is 0.306. The Morgan fingerprint density at radius 3 is 2.52 bits per heavy atom. The predicted octanol–water partition coefficient (Wildman–Crippen LogP) is 1.69. The summed E-state index contributed by atoms with van der Waals surface area (Å²) in [6.45, 7) is 3.82. The molecule has 1 saturated heterocycles. The van der Waals surface area contributed by atoms with Crippen molar-refractivity contribution in [1.82, 2.24) is 14.9 Å². The van der Waals surface area contributed by atoms with Crippen molar-refractivity contribution in [2.45, 2.75) is 45.1 Å². The van der Waals surface area contributed by atoms with E-state index in [0.29, 0.717) is 19.5 Å². The van der Waals surface area contributed by atoms with Crippen molar-refractivity contribution in [3.05, 3.63) is 29.8 Å². The van der Waals surface area contributed by atoms with Crippen LogP contribution in [0.1, 0.15) is 38.2 Å². The van der Waals surface area contributed by atoms with Crippen molar-refractivity contribution < 1.29 is 13.5 Å². The summed E-state index contributed by atoms with van der Waals surface area (Å²) in [4.78, 5) is 4.27. The smallest absolute Gasteiger partial charge is 0.214 e. The normalized spacial score (nSPS) is 17.0. The lowest BCUT2D eigenvalue weighted by Crippen LogP contribution is -2.50. The SMILES string of the molecule is CCCS(=O)(=O)N1CCC(NC(=NC)NCCCc2ccc(O)cc2)CC1. The van der Waals surface area contributed by atoms with Crippen molar-refractivity contribution in [2.75, 3.05) is 32.4 Å². The third-order valence-corrected chi connectivity index (χ3v) is 6.82. The number of hydrogen-bond donors (Lipinski definition) is 3. The van der Waals surface area contributed by atoms with Crippen LogP contribution in [0, 0.1) is 0 Å². The molecule has 152 valence electrons. The van der Waals surface area contributed by atoms with Gasteiger partial charge in [0.1, 0.15) is 5.75 Å². The molecule has 2 rings (SSSR count). The van der Waals surface area contributed by atoms with Gasteiger partial charge in [-0.05, 0) is 49.8 Å². The number of phenolic OH excluding ortho intramolecular Hbond substituents is 1. The van der Waals surface area contributed by atoms with E-state index in [4.69, 9.17) is 0 Å². The van der Waals surface area contributed by atoms with Gasteiger partial charge in [0.2, 0.25) is 10.0 Å². The quantitative estimate of drug-likeness (QED) is 0.353. The molecule has 1 heterocycles. The van der Waals surface area contributed by atoms with E-state index >= 15 is 0 Å². The Morgan fingerprint density at radius 2 is 1.93 bits per heavy atom. The molecule has 0 saturated carbocycles. The Bertz CT molecular complexity index is 696. The van der Waals surface area contributed by atoms with Crippen LogP contribution in [0.4, 0.5) is 0 Å². The number of phenols is 1. The van der Waals surface area contributed by atoms with E-state index in [1.807, 2.05) is 19.1 Å². The third kappa shape index (κ3) is 7.03. The van der Waals surface area contributed by atoms with Gasteiger partial charge in [-0.25, -0.2) is 12.7 Å². The van der Waals surface area contributed by atoms with Crippen molar-refractivity contribution in [1.29, 1.82) is 0 Å². The molecule has 7 nitrogen and oxygen atoms in total. The molecule has 0 aliphatic carbocycles. The van der Waals surface area contributed by atoms with E-state index in [1.165, 1.54) is 5.56 Å². The van der Waals surface area contributed by atoms with Gasteiger partial charge < -0.3 is 15.7 Å². The summed E-state index contributed by atoms with van der Waals surface area (Å²) in [5, 5.41) is 16.0. The number of aliphatic imine (C=N–C) groups is 1. The zero-order chi connectivity index (χ0) is 19.7. The molecule has 0 radical (unpaired) electrons. The zero-order valence-corrected chi connectivity index (χ0v) is 17.1. The number of aromatic hydroxyl groups is 1. The first-order valence-electron chi connectivity index (χ1n) is 9.67.